The molecule has 0 nitrogen and oxygen atoms in total. The van der Waals surface area contributed by atoms with Gasteiger partial charge in [0.1, 0.15) is 0 Å². The maximum Gasteiger partial charge on any atom is -0.000899 e. The van der Waals surface area contributed by atoms with Crippen LogP contribution in [0.4, 0.5) is 0 Å². The highest BCUT2D eigenvalue weighted by molar-refractivity contribution is 5.30. The van der Waals surface area contributed by atoms with E-state index in [1.165, 1.54) is 0 Å². The third-order valence-corrected chi connectivity index (χ3v) is 1.42. The Labute approximate surface area is 62.2 Å². The van der Waals surface area contributed by atoms with Crippen molar-refractivity contribution in [1.29, 1.82) is 0 Å². The summed E-state index contributed by atoms with van der Waals surface area (Å²) in [6.45, 7) is 9.30. The Morgan fingerprint density at radius 1 is 1.40 bits per heavy atom. The van der Waals surface area contributed by atoms with Crippen molar-refractivity contribution < 1.29 is 0 Å². The lowest BCUT2D eigenvalue weighted by Gasteiger charge is -1.98. The van der Waals surface area contributed by atoms with Crippen LogP contribution in [0.5, 0.6) is 0 Å². The van der Waals surface area contributed by atoms with Crippen LogP contribution < -0.4 is 0 Å². The summed E-state index contributed by atoms with van der Waals surface area (Å²) in [7, 11) is 0. The van der Waals surface area contributed by atoms with Gasteiger partial charge in [-0.25, -0.2) is 0 Å². The second kappa shape index (κ2) is 3.21. The van der Waals surface area contributed by atoms with Gasteiger partial charge in [0.25, 0.3) is 0 Å². The number of rotatable bonds is 2. The van der Waals surface area contributed by atoms with E-state index in [0.29, 0.717) is 0 Å². The molecule has 0 N–H and O–H groups in total. The van der Waals surface area contributed by atoms with Crippen molar-refractivity contribution in [3.05, 3.63) is 55.0 Å². The van der Waals surface area contributed by atoms with Crippen molar-refractivity contribution in [2.24, 2.45) is 0 Å². The lowest BCUT2D eigenvalue weighted by atomic mass is 10.1. The van der Waals surface area contributed by atoms with Crippen LogP contribution in [0.2, 0.25) is 0 Å². The van der Waals surface area contributed by atoms with E-state index in [9.17, 15) is 0 Å². The van der Waals surface area contributed by atoms with Crippen LogP contribution in [0.3, 0.4) is 0 Å². The standard InChI is InChI=1S/C10H10/c1-3-6-10-8-5-4-7-9(10)2/h2-5,7-8H,1,6H2. The Kier molecular flexibility index (Phi) is 2.27. The largest absolute Gasteiger partial charge is 0.103 e. The molecule has 0 aliphatic heterocycles. The van der Waals surface area contributed by atoms with Crippen LogP contribution in [0.15, 0.2) is 36.9 Å². The van der Waals surface area contributed by atoms with Gasteiger partial charge in [-0.3, -0.25) is 0 Å². The predicted octanol–water partition coefficient (Wildman–Crippen LogP) is 2.47. The fraction of sp³-hybridized carbons (Fsp3) is 0.100. The van der Waals surface area contributed by atoms with Gasteiger partial charge in [-0.1, -0.05) is 30.3 Å². The molecule has 0 saturated carbocycles. The van der Waals surface area contributed by atoms with Gasteiger partial charge in [-0.2, -0.15) is 0 Å². The molecule has 0 aromatic heterocycles. The summed E-state index contributed by atoms with van der Waals surface area (Å²) in [5.41, 5.74) is 2.00. The van der Waals surface area contributed by atoms with E-state index < -0.39 is 0 Å². The first kappa shape index (κ1) is 7.07. The molecule has 50 valence electrons. The van der Waals surface area contributed by atoms with E-state index in [4.69, 9.17) is 6.92 Å². The fourth-order valence-corrected chi connectivity index (χ4v) is 0.876. The van der Waals surface area contributed by atoms with Crippen LogP contribution in [-0.2, 0) is 6.42 Å². The van der Waals surface area contributed by atoms with E-state index >= 15 is 0 Å². The van der Waals surface area contributed by atoms with Gasteiger partial charge in [-0.05, 0) is 24.5 Å². The molecule has 1 aromatic carbocycles. The lowest BCUT2D eigenvalue weighted by Crippen LogP contribution is -1.83. The molecular formula is C10H10. The normalized spacial score (nSPS) is 9.30. The quantitative estimate of drug-likeness (QED) is 0.539. The summed E-state index contributed by atoms with van der Waals surface area (Å²) in [4.78, 5) is 0. The van der Waals surface area contributed by atoms with Gasteiger partial charge in [0.05, 0.1) is 0 Å². The predicted molar refractivity (Wildman–Crippen MR) is 43.7 cm³/mol. The maximum absolute atomic E-state index is 5.66. The van der Waals surface area contributed by atoms with Crippen molar-refractivity contribution >= 4 is 0 Å². The van der Waals surface area contributed by atoms with Crippen LogP contribution in [0.1, 0.15) is 11.1 Å². The fourth-order valence-electron chi connectivity index (χ4n) is 0.876. The van der Waals surface area contributed by atoms with E-state index in [1.807, 2.05) is 30.3 Å². The highest BCUT2D eigenvalue weighted by atomic mass is 14.0. The monoisotopic (exact) mass is 130 g/mol. The first-order chi connectivity index (χ1) is 4.84. The highest BCUT2D eigenvalue weighted by Gasteiger charge is 1.91. The smallest absolute Gasteiger partial charge is 0.000899 e. The first-order valence-corrected chi connectivity index (χ1v) is 3.29. The summed E-state index contributed by atoms with van der Waals surface area (Å²) in [6.07, 6.45) is 2.71. The van der Waals surface area contributed by atoms with Crippen LogP contribution in [-0.4, -0.2) is 0 Å². The SMILES string of the molecule is [CH]c1ccccc1CC=C. The summed E-state index contributed by atoms with van der Waals surface area (Å²) in [5, 5.41) is 0. The molecule has 0 atom stereocenters. The lowest BCUT2D eigenvalue weighted by molar-refractivity contribution is 1.25. The minimum Gasteiger partial charge on any atom is -0.103 e. The number of allylic oxidation sites excluding steroid dienone is 1. The third-order valence-electron chi connectivity index (χ3n) is 1.42. The molecule has 0 aliphatic rings. The zero-order valence-corrected chi connectivity index (χ0v) is 5.88. The minimum absolute atomic E-state index is 0.849. The molecule has 0 spiro atoms. The van der Waals surface area contributed by atoms with Gasteiger partial charge in [0.15, 0.2) is 0 Å². The molecule has 0 unspecified atom stereocenters. The molecule has 0 heteroatoms. The van der Waals surface area contributed by atoms with Gasteiger partial charge in [0.2, 0.25) is 0 Å². The highest BCUT2D eigenvalue weighted by Crippen LogP contribution is 2.06. The van der Waals surface area contributed by atoms with Crippen molar-refractivity contribution in [3.8, 4) is 0 Å². The van der Waals surface area contributed by atoms with Gasteiger partial charge in [0, 0.05) is 0 Å². The average Bonchev–Trinajstić information content (AvgIpc) is 1.94. The summed E-state index contributed by atoms with van der Waals surface area (Å²) in [6, 6.07) is 7.83. The average molecular weight is 130 g/mol. The maximum atomic E-state index is 5.66. The number of hydrogen-bond donors (Lipinski definition) is 0. The number of benzene rings is 1. The summed E-state index contributed by atoms with van der Waals surface area (Å²) in [5.74, 6) is 0. The number of hydrogen-bond acceptors (Lipinski definition) is 0. The van der Waals surface area contributed by atoms with Gasteiger partial charge < -0.3 is 0 Å². The van der Waals surface area contributed by atoms with E-state index in [-0.39, 0.29) is 0 Å². The van der Waals surface area contributed by atoms with E-state index in [1.54, 1.807) is 0 Å². The van der Waals surface area contributed by atoms with Crippen LogP contribution >= 0.6 is 0 Å². The van der Waals surface area contributed by atoms with Gasteiger partial charge >= 0.3 is 0 Å². The molecule has 0 heterocycles. The molecule has 0 fully saturated rings. The van der Waals surface area contributed by atoms with Crippen molar-refractivity contribution in [3.63, 3.8) is 0 Å². The summed E-state index contributed by atoms with van der Waals surface area (Å²) < 4.78 is 0. The molecule has 1 aromatic rings. The molecular weight excluding hydrogens is 120 g/mol. The minimum atomic E-state index is 0.849. The molecule has 0 aliphatic carbocycles. The molecule has 2 radical (unpaired) electrons. The molecule has 0 amide bonds. The topological polar surface area (TPSA) is 0 Å². The summed E-state index contributed by atoms with van der Waals surface area (Å²) >= 11 is 0. The Balaban J connectivity index is 2.91. The van der Waals surface area contributed by atoms with E-state index in [0.717, 1.165) is 17.5 Å². The van der Waals surface area contributed by atoms with Gasteiger partial charge in [-0.15, -0.1) is 6.58 Å². The Hall–Kier alpha value is -1.04. The zero-order chi connectivity index (χ0) is 7.40. The second-order valence-electron chi connectivity index (χ2n) is 2.19. The molecule has 0 bridgehead atoms. The van der Waals surface area contributed by atoms with Crippen molar-refractivity contribution in [1.82, 2.24) is 0 Å². The first-order valence-electron chi connectivity index (χ1n) is 3.29. The Morgan fingerprint density at radius 2 is 2.10 bits per heavy atom. The molecule has 10 heavy (non-hydrogen) atoms. The molecule has 1 rings (SSSR count). The Morgan fingerprint density at radius 3 is 2.70 bits per heavy atom. The van der Waals surface area contributed by atoms with Crippen LogP contribution in [0.25, 0.3) is 0 Å². The van der Waals surface area contributed by atoms with Crippen LogP contribution in [0, 0.1) is 6.92 Å². The second-order valence-corrected chi connectivity index (χ2v) is 2.19. The van der Waals surface area contributed by atoms with E-state index in [2.05, 4.69) is 6.58 Å². The van der Waals surface area contributed by atoms with Crippen molar-refractivity contribution in [2.45, 2.75) is 6.42 Å². The Bertz CT molecular complexity index is 223. The van der Waals surface area contributed by atoms with Crippen molar-refractivity contribution in [2.75, 3.05) is 0 Å². The molecule has 0 saturated heterocycles. The zero-order valence-electron chi connectivity index (χ0n) is 5.88. The third kappa shape index (κ3) is 1.47.